The molecule has 0 heterocycles. The van der Waals surface area contributed by atoms with Gasteiger partial charge in [-0.3, -0.25) is 4.79 Å². The maximum absolute atomic E-state index is 11.4. The monoisotopic (exact) mass is 302 g/mol. The molecule has 2 N–H and O–H groups in total. The smallest absolute Gasteiger partial charge is 0.221 e. The highest BCUT2D eigenvalue weighted by Gasteiger charge is 2.05. The highest BCUT2D eigenvalue weighted by molar-refractivity contribution is 5.85. The summed E-state index contributed by atoms with van der Waals surface area (Å²) in [4.78, 5) is 11.4. The van der Waals surface area contributed by atoms with Crippen molar-refractivity contribution in [2.24, 2.45) is 0 Å². The average molecular weight is 303 g/mol. The maximum Gasteiger partial charge on any atom is 0.221 e. The van der Waals surface area contributed by atoms with Crippen molar-refractivity contribution in [2.75, 3.05) is 34.4 Å². The van der Waals surface area contributed by atoms with Crippen LogP contribution in [0.4, 0.5) is 0 Å². The van der Waals surface area contributed by atoms with Gasteiger partial charge in [0.2, 0.25) is 5.91 Å². The molecule has 0 aliphatic rings. The van der Waals surface area contributed by atoms with E-state index in [-0.39, 0.29) is 18.3 Å². The fourth-order valence-electron chi connectivity index (χ4n) is 1.71. The highest BCUT2D eigenvalue weighted by Crippen LogP contribution is 2.27. The molecule has 0 bridgehead atoms. The van der Waals surface area contributed by atoms with E-state index in [4.69, 9.17) is 9.47 Å². The Labute approximate surface area is 126 Å². The van der Waals surface area contributed by atoms with Crippen LogP contribution in [0.2, 0.25) is 0 Å². The lowest BCUT2D eigenvalue weighted by Crippen LogP contribution is -2.28. The van der Waals surface area contributed by atoms with Crippen LogP contribution >= 0.6 is 12.4 Å². The quantitative estimate of drug-likeness (QED) is 0.762. The minimum absolute atomic E-state index is 0. The van der Waals surface area contributed by atoms with Gasteiger partial charge in [0, 0.05) is 19.5 Å². The van der Waals surface area contributed by atoms with Crippen molar-refractivity contribution in [3.05, 3.63) is 23.8 Å². The number of halogens is 1. The van der Waals surface area contributed by atoms with Gasteiger partial charge in [0.15, 0.2) is 11.5 Å². The molecule has 0 saturated heterocycles. The molecule has 1 aromatic rings. The molecule has 0 aliphatic heterocycles. The summed E-state index contributed by atoms with van der Waals surface area (Å²) in [6.07, 6.45) is 1.27. The molecule has 1 aromatic carbocycles. The Kier molecular flexibility index (Phi) is 9.59. The summed E-state index contributed by atoms with van der Waals surface area (Å²) in [5.74, 6) is 1.49. The molecule has 0 atom stereocenters. The van der Waals surface area contributed by atoms with Gasteiger partial charge in [-0.05, 0) is 31.2 Å². The van der Waals surface area contributed by atoms with Crippen molar-refractivity contribution >= 4 is 18.3 Å². The van der Waals surface area contributed by atoms with Crippen LogP contribution < -0.4 is 20.1 Å². The molecule has 20 heavy (non-hydrogen) atoms. The number of carbonyl (C=O) groups is 1. The van der Waals surface area contributed by atoms with Crippen molar-refractivity contribution < 1.29 is 14.3 Å². The van der Waals surface area contributed by atoms with Gasteiger partial charge in [-0.2, -0.15) is 0 Å². The Morgan fingerprint density at radius 2 is 1.85 bits per heavy atom. The number of nitrogens with one attached hydrogen (secondary N) is 2. The number of ether oxygens (including phenoxy) is 2. The van der Waals surface area contributed by atoms with Crippen LogP contribution in [-0.4, -0.2) is 40.3 Å². The zero-order valence-corrected chi connectivity index (χ0v) is 13.0. The standard InChI is InChI=1S/C14H22N2O3.ClH/c1-15-8-7-14(17)16-9-6-11-4-5-12(18-2)13(10-11)19-3;/h4-5,10,15H,6-9H2,1-3H3,(H,16,17);1H. The van der Waals surface area contributed by atoms with E-state index in [1.165, 1.54) is 0 Å². The van der Waals surface area contributed by atoms with E-state index >= 15 is 0 Å². The third-order valence-electron chi connectivity index (χ3n) is 2.79. The van der Waals surface area contributed by atoms with E-state index in [0.29, 0.717) is 31.0 Å². The largest absolute Gasteiger partial charge is 0.493 e. The summed E-state index contributed by atoms with van der Waals surface area (Å²) >= 11 is 0. The Balaban J connectivity index is 0.00000361. The number of rotatable bonds is 8. The number of methoxy groups -OCH3 is 2. The Hall–Kier alpha value is -1.46. The van der Waals surface area contributed by atoms with Crippen LogP contribution in [-0.2, 0) is 11.2 Å². The maximum atomic E-state index is 11.4. The Morgan fingerprint density at radius 3 is 2.45 bits per heavy atom. The minimum atomic E-state index is 0. The molecule has 0 spiro atoms. The SMILES string of the molecule is CNCCC(=O)NCCc1ccc(OC)c(OC)c1.Cl. The second-order valence-corrected chi connectivity index (χ2v) is 4.14. The molecule has 6 heteroatoms. The first-order valence-electron chi connectivity index (χ1n) is 6.33. The first-order valence-corrected chi connectivity index (χ1v) is 6.33. The molecule has 1 rings (SSSR count). The molecule has 0 fully saturated rings. The van der Waals surface area contributed by atoms with Crippen LogP contribution in [0.1, 0.15) is 12.0 Å². The summed E-state index contributed by atoms with van der Waals surface area (Å²) in [7, 11) is 5.05. The van der Waals surface area contributed by atoms with Gasteiger partial charge in [0.05, 0.1) is 14.2 Å². The summed E-state index contributed by atoms with van der Waals surface area (Å²) in [5.41, 5.74) is 1.10. The molecular formula is C14H23ClN2O3. The van der Waals surface area contributed by atoms with Gasteiger partial charge < -0.3 is 20.1 Å². The number of carbonyl (C=O) groups excluding carboxylic acids is 1. The third-order valence-corrected chi connectivity index (χ3v) is 2.79. The second kappa shape index (κ2) is 10.3. The first-order chi connectivity index (χ1) is 9.21. The van der Waals surface area contributed by atoms with Gasteiger partial charge in [0.1, 0.15) is 0 Å². The van der Waals surface area contributed by atoms with Gasteiger partial charge in [-0.15, -0.1) is 12.4 Å². The molecule has 0 unspecified atom stereocenters. The lowest BCUT2D eigenvalue weighted by atomic mass is 10.1. The number of benzene rings is 1. The summed E-state index contributed by atoms with van der Waals surface area (Å²) in [6.45, 7) is 1.32. The van der Waals surface area contributed by atoms with Crippen LogP contribution in [0.25, 0.3) is 0 Å². The predicted octanol–water partition coefficient (Wildman–Crippen LogP) is 1.39. The lowest BCUT2D eigenvalue weighted by Gasteiger charge is -2.10. The summed E-state index contributed by atoms with van der Waals surface area (Å²) < 4.78 is 10.4. The van der Waals surface area contributed by atoms with Crippen molar-refractivity contribution in [3.8, 4) is 11.5 Å². The minimum Gasteiger partial charge on any atom is -0.493 e. The zero-order chi connectivity index (χ0) is 14.1. The topological polar surface area (TPSA) is 59.6 Å². The summed E-state index contributed by atoms with van der Waals surface area (Å²) in [5, 5.41) is 5.82. The van der Waals surface area contributed by atoms with Gasteiger partial charge in [0.25, 0.3) is 0 Å². The Morgan fingerprint density at radius 1 is 1.15 bits per heavy atom. The molecule has 0 aliphatic carbocycles. The van der Waals surface area contributed by atoms with Crippen molar-refractivity contribution in [3.63, 3.8) is 0 Å². The fourth-order valence-corrected chi connectivity index (χ4v) is 1.71. The number of amides is 1. The van der Waals surface area contributed by atoms with Crippen molar-refractivity contribution in [1.29, 1.82) is 0 Å². The molecule has 0 aromatic heterocycles. The van der Waals surface area contributed by atoms with Crippen LogP contribution in [0, 0.1) is 0 Å². The fraction of sp³-hybridized carbons (Fsp3) is 0.500. The molecular weight excluding hydrogens is 280 g/mol. The normalized spacial score (nSPS) is 9.55. The average Bonchev–Trinajstić information content (AvgIpc) is 2.44. The lowest BCUT2D eigenvalue weighted by molar-refractivity contribution is -0.120. The third kappa shape index (κ3) is 6.12. The van der Waals surface area contributed by atoms with Crippen LogP contribution in [0.5, 0.6) is 11.5 Å². The van der Waals surface area contributed by atoms with E-state index in [0.717, 1.165) is 12.0 Å². The number of hydrogen-bond acceptors (Lipinski definition) is 4. The molecule has 5 nitrogen and oxygen atoms in total. The van der Waals surface area contributed by atoms with E-state index in [9.17, 15) is 4.79 Å². The van der Waals surface area contributed by atoms with Gasteiger partial charge in [-0.25, -0.2) is 0 Å². The van der Waals surface area contributed by atoms with Crippen molar-refractivity contribution in [1.82, 2.24) is 10.6 Å². The second-order valence-electron chi connectivity index (χ2n) is 4.14. The van der Waals surface area contributed by atoms with E-state index in [1.54, 1.807) is 14.2 Å². The van der Waals surface area contributed by atoms with Gasteiger partial charge in [-0.1, -0.05) is 6.07 Å². The Bertz CT molecular complexity index is 413. The highest BCUT2D eigenvalue weighted by atomic mass is 35.5. The summed E-state index contributed by atoms with van der Waals surface area (Å²) in [6, 6.07) is 5.77. The van der Waals surface area contributed by atoms with Crippen LogP contribution in [0.3, 0.4) is 0 Å². The first kappa shape index (κ1) is 18.5. The van der Waals surface area contributed by atoms with Crippen molar-refractivity contribution in [2.45, 2.75) is 12.8 Å². The van der Waals surface area contributed by atoms with Gasteiger partial charge >= 0.3 is 0 Å². The van der Waals surface area contributed by atoms with E-state index in [2.05, 4.69) is 10.6 Å². The molecule has 0 saturated carbocycles. The zero-order valence-electron chi connectivity index (χ0n) is 12.2. The molecule has 1 amide bonds. The van der Waals surface area contributed by atoms with E-state index in [1.807, 2.05) is 25.2 Å². The van der Waals surface area contributed by atoms with E-state index < -0.39 is 0 Å². The molecule has 114 valence electrons. The predicted molar refractivity (Wildman–Crippen MR) is 82.1 cm³/mol. The molecule has 0 radical (unpaired) electrons. The number of hydrogen-bond donors (Lipinski definition) is 2. The van der Waals surface area contributed by atoms with Crippen LogP contribution in [0.15, 0.2) is 18.2 Å².